The molecule has 1 aromatic carbocycles. The van der Waals surface area contributed by atoms with Crippen LogP contribution in [0.2, 0.25) is 0 Å². The van der Waals surface area contributed by atoms with Crippen molar-refractivity contribution in [1.29, 1.82) is 0 Å². The fraction of sp³-hybridized carbons (Fsp3) is 0.474. The molecule has 1 amide bonds. The van der Waals surface area contributed by atoms with Gasteiger partial charge in [-0.1, -0.05) is 12.1 Å². The monoisotopic (exact) mass is 497 g/mol. The number of fused-ring (bicyclic) bond motifs is 1. The number of guanidine groups is 1. The number of benzene rings is 1. The summed E-state index contributed by atoms with van der Waals surface area (Å²) in [6.07, 6.45) is 4.32. The molecule has 0 saturated heterocycles. The highest BCUT2D eigenvalue weighted by molar-refractivity contribution is 14.0. The Morgan fingerprint density at radius 3 is 3.04 bits per heavy atom. The number of aromatic nitrogens is 3. The molecule has 1 unspecified atom stereocenters. The van der Waals surface area contributed by atoms with Crippen molar-refractivity contribution in [1.82, 2.24) is 30.7 Å². The topological polar surface area (TPSA) is 96.2 Å². The van der Waals surface area contributed by atoms with Gasteiger partial charge in [0.05, 0.1) is 6.54 Å². The number of hydrogen-bond donors (Lipinski definition) is 3. The Morgan fingerprint density at radius 1 is 1.39 bits per heavy atom. The van der Waals surface area contributed by atoms with Crippen molar-refractivity contribution in [3.63, 3.8) is 0 Å². The number of amides is 1. The van der Waals surface area contributed by atoms with Crippen LogP contribution in [0.15, 0.2) is 35.6 Å². The van der Waals surface area contributed by atoms with Gasteiger partial charge in [0.25, 0.3) is 5.91 Å². The summed E-state index contributed by atoms with van der Waals surface area (Å²) < 4.78 is 1.95. The van der Waals surface area contributed by atoms with Gasteiger partial charge in [-0.05, 0) is 37.5 Å². The molecule has 9 heteroatoms. The summed E-state index contributed by atoms with van der Waals surface area (Å²) in [6.45, 7) is 4.31. The quantitative estimate of drug-likeness (QED) is 0.319. The number of carbonyl (C=O) groups is 1. The third kappa shape index (κ3) is 5.91. The number of halogens is 1. The molecule has 2 aromatic rings. The molecule has 1 aromatic heterocycles. The maximum absolute atomic E-state index is 11.8. The largest absolute Gasteiger partial charge is 0.357 e. The summed E-state index contributed by atoms with van der Waals surface area (Å²) in [5, 5.41) is 13.7. The van der Waals surface area contributed by atoms with Gasteiger partial charge >= 0.3 is 0 Å². The van der Waals surface area contributed by atoms with Crippen LogP contribution in [-0.2, 0) is 19.4 Å². The van der Waals surface area contributed by atoms with Crippen molar-refractivity contribution in [2.24, 2.45) is 4.99 Å². The fourth-order valence-corrected chi connectivity index (χ4v) is 3.18. The Labute approximate surface area is 182 Å². The third-order valence-electron chi connectivity index (χ3n) is 4.58. The minimum atomic E-state index is -0.0693. The molecule has 1 atom stereocenters. The van der Waals surface area contributed by atoms with Gasteiger partial charge in [-0.2, -0.15) is 5.10 Å². The molecule has 3 N–H and O–H groups in total. The number of nitrogens with zero attached hydrogens (tertiary/aromatic N) is 4. The van der Waals surface area contributed by atoms with Crippen molar-refractivity contribution in [2.45, 2.75) is 38.8 Å². The van der Waals surface area contributed by atoms with E-state index in [2.05, 4.69) is 37.9 Å². The van der Waals surface area contributed by atoms with E-state index < -0.39 is 0 Å². The Kier molecular flexibility index (Phi) is 8.68. The molecule has 1 aliphatic rings. The smallest absolute Gasteiger partial charge is 0.251 e. The Hall–Kier alpha value is -2.17. The van der Waals surface area contributed by atoms with Crippen LogP contribution in [0.25, 0.3) is 0 Å². The van der Waals surface area contributed by atoms with Gasteiger partial charge < -0.3 is 16.0 Å². The van der Waals surface area contributed by atoms with E-state index in [1.165, 1.54) is 0 Å². The van der Waals surface area contributed by atoms with Crippen LogP contribution in [0.1, 0.15) is 35.1 Å². The summed E-state index contributed by atoms with van der Waals surface area (Å²) in [5.74, 6) is 1.79. The lowest BCUT2D eigenvalue weighted by Crippen LogP contribution is -2.47. The first-order valence-electron chi connectivity index (χ1n) is 9.42. The van der Waals surface area contributed by atoms with E-state index in [0.717, 1.165) is 49.7 Å². The molecule has 0 fully saturated rings. The highest BCUT2D eigenvalue weighted by Crippen LogP contribution is 2.11. The highest BCUT2D eigenvalue weighted by atomic mass is 127. The van der Waals surface area contributed by atoms with Crippen molar-refractivity contribution < 1.29 is 4.79 Å². The number of nitrogens with one attached hydrogen (secondary N) is 3. The number of carbonyl (C=O) groups excluding carboxylic acids is 1. The number of rotatable bonds is 6. The van der Waals surface area contributed by atoms with Gasteiger partial charge in [0.15, 0.2) is 5.96 Å². The Bertz CT molecular complexity index is 805. The molecule has 3 rings (SSSR count). The predicted molar refractivity (Wildman–Crippen MR) is 120 cm³/mol. The van der Waals surface area contributed by atoms with Crippen LogP contribution in [0, 0.1) is 0 Å². The van der Waals surface area contributed by atoms with E-state index in [0.29, 0.717) is 12.1 Å². The number of aliphatic imine (C=N–C) groups is 1. The van der Waals surface area contributed by atoms with Gasteiger partial charge in [0.2, 0.25) is 0 Å². The average Bonchev–Trinajstić information content (AvgIpc) is 3.15. The second-order valence-corrected chi connectivity index (χ2v) is 6.53. The van der Waals surface area contributed by atoms with Gasteiger partial charge in [0, 0.05) is 38.2 Å². The van der Waals surface area contributed by atoms with Gasteiger partial charge in [-0.25, -0.2) is 9.67 Å². The first-order valence-corrected chi connectivity index (χ1v) is 9.42. The van der Waals surface area contributed by atoms with Crippen molar-refractivity contribution in [3.05, 3.63) is 47.5 Å². The van der Waals surface area contributed by atoms with E-state index >= 15 is 0 Å². The molecule has 152 valence electrons. The molecule has 0 radical (unpaired) electrons. The molecular formula is C19H28IN7O. The maximum Gasteiger partial charge on any atom is 0.251 e. The van der Waals surface area contributed by atoms with Crippen molar-refractivity contribution in [2.75, 3.05) is 20.1 Å². The van der Waals surface area contributed by atoms with E-state index in [4.69, 9.17) is 0 Å². The molecule has 0 saturated carbocycles. The molecule has 8 nitrogen and oxygen atoms in total. The lowest BCUT2D eigenvalue weighted by Gasteiger charge is -2.25. The van der Waals surface area contributed by atoms with Crippen molar-refractivity contribution in [3.8, 4) is 0 Å². The number of hydrogen-bond acceptors (Lipinski definition) is 4. The molecular weight excluding hydrogens is 469 g/mol. The van der Waals surface area contributed by atoms with Crippen LogP contribution in [-0.4, -0.2) is 52.8 Å². The van der Waals surface area contributed by atoms with Crippen LogP contribution < -0.4 is 16.0 Å². The SMILES string of the molecule is CCNC(=NCCc1cccc(C(=O)NC)c1)NC1CCc2ncnn2C1.I. The van der Waals surface area contributed by atoms with Gasteiger partial charge in [-0.3, -0.25) is 9.79 Å². The first-order chi connectivity index (χ1) is 13.2. The normalized spacial score (nSPS) is 15.9. The minimum Gasteiger partial charge on any atom is -0.357 e. The van der Waals surface area contributed by atoms with Crippen molar-refractivity contribution >= 4 is 35.8 Å². The van der Waals surface area contributed by atoms with E-state index in [9.17, 15) is 4.79 Å². The Morgan fingerprint density at radius 2 is 2.25 bits per heavy atom. The summed E-state index contributed by atoms with van der Waals surface area (Å²) in [7, 11) is 1.64. The highest BCUT2D eigenvalue weighted by Gasteiger charge is 2.20. The molecule has 28 heavy (non-hydrogen) atoms. The molecule has 0 aliphatic carbocycles. The zero-order valence-corrected chi connectivity index (χ0v) is 18.6. The van der Waals surface area contributed by atoms with E-state index in [-0.39, 0.29) is 35.9 Å². The molecule has 2 heterocycles. The molecule has 1 aliphatic heterocycles. The summed E-state index contributed by atoms with van der Waals surface area (Å²) in [4.78, 5) is 20.7. The van der Waals surface area contributed by atoms with Crippen LogP contribution in [0.3, 0.4) is 0 Å². The predicted octanol–water partition coefficient (Wildman–Crippen LogP) is 1.37. The lowest BCUT2D eigenvalue weighted by atomic mass is 10.1. The average molecular weight is 497 g/mol. The second kappa shape index (κ2) is 11.0. The van der Waals surface area contributed by atoms with Gasteiger partial charge in [-0.15, -0.1) is 24.0 Å². The second-order valence-electron chi connectivity index (χ2n) is 6.53. The molecule has 0 bridgehead atoms. The lowest BCUT2D eigenvalue weighted by molar-refractivity contribution is 0.0963. The number of aryl methyl sites for hydroxylation is 1. The van der Waals surface area contributed by atoms with Crippen LogP contribution >= 0.6 is 24.0 Å². The summed E-state index contributed by atoms with van der Waals surface area (Å²) in [5.41, 5.74) is 1.77. The Balaban J connectivity index is 0.00000280. The van der Waals surface area contributed by atoms with Crippen LogP contribution in [0.4, 0.5) is 0 Å². The summed E-state index contributed by atoms with van der Waals surface area (Å²) >= 11 is 0. The summed E-state index contributed by atoms with van der Waals surface area (Å²) in [6, 6.07) is 7.95. The zero-order valence-electron chi connectivity index (χ0n) is 16.3. The minimum absolute atomic E-state index is 0. The maximum atomic E-state index is 11.8. The van der Waals surface area contributed by atoms with Crippen LogP contribution in [0.5, 0.6) is 0 Å². The first kappa shape index (κ1) is 22.1. The van der Waals surface area contributed by atoms with Gasteiger partial charge in [0.1, 0.15) is 12.2 Å². The zero-order chi connectivity index (χ0) is 19.1. The fourth-order valence-electron chi connectivity index (χ4n) is 3.18. The van der Waals surface area contributed by atoms with E-state index in [1.54, 1.807) is 13.4 Å². The molecule has 0 spiro atoms. The third-order valence-corrected chi connectivity index (χ3v) is 4.58. The standard InChI is InChI=1S/C19H27N7O.HI/c1-3-21-19(25-16-7-8-17-23-13-24-26(17)12-16)22-10-9-14-5-4-6-15(11-14)18(27)20-2;/h4-6,11,13,16H,3,7-10,12H2,1-2H3,(H,20,27)(H2,21,22,25);1H. The van der Waals surface area contributed by atoms with E-state index in [1.807, 2.05) is 28.9 Å².